The van der Waals surface area contributed by atoms with E-state index in [1.807, 2.05) is 12.1 Å². The Morgan fingerprint density at radius 3 is 2.42 bits per heavy atom. The van der Waals surface area contributed by atoms with E-state index in [1.165, 1.54) is 25.5 Å². The Bertz CT molecular complexity index is 904. The van der Waals surface area contributed by atoms with Crippen molar-refractivity contribution in [1.82, 2.24) is 4.98 Å². The average molecular weight is 356 g/mol. The van der Waals surface area contributed by atoms with E-state index >= 15 is 0 Å². The molecule has 1 aromatic heterocycles. The van der Waals surface area contributed by atoms with Gasteiger partial charge in [-0.05, 0) is 36.4 Å². The van der Waals surface area contributed by atoms with E-state index in [2.05, 4.69) is 4.98 Å². The molecule has 3 aromatic rings. The normalized spacial score (nSPS) is 10.4. The summed E-state index contributed by atoms with van der Waals surface area (Å²) < 4.78 is 21.1. The lowest BCUT2D eigenvalue weighted by molar-refractivity contribution is -0.386. The van der Waals surface area contributed by atoms with Gasteiger partial charge in [-0.15, -0.1) is 0 Å². The van der Waals surface area contributed by atoms with E-state index in [0.717, 1.165) is 11.3 Å². The van der Waals surface area contributed by atoms with Crippen molar-refractivity contribution < 1.29 is 23.6 Å². The molecular formula is C18H16N2O6. The van der Waals surface area contributed by atoms with Crippen molar-refractivity contribution in [3.05, 3.63) is 64.5 Å². The Hall–Kier alpha value is -3.55. The summed E-state index contributed by atoms with van der Waals surface area (Å²) in [5.74, 6) is 1.67. The number of oxazole rings is 1. The number of benzene rings is 2. The van der Waals surface area contributed by atoms with E-state index in [9.17, 15) is 10.1 Å². The van der Waals surface area contributed by atoms with Crippen LogP contribution < -0.4 is 14.2 Å². The summed E-state index contributed by atoms with van der Waals surface area (Å²) in [6, 6.07) is 11.6. The fourth-order valence-electron chi connectivity index (χ4n) is 2.28. The maximum Gasteiger partial charge on any atom is 0.314 e. The molecule has 0 saturated heterocycles. The largest absolute Gasteiger partial charge is 0.497 e. The first-order valence-electron chi connectivity index (χ1n) is 7.64. The van der Waals surface area contributed by atoms with Gasteiger partial charge in [0.1, 0.15) is 30.1 Å². The van der Waals surface area contributed by atoms with Gasteiger partial charge in [0.25, 0.3) is 0 Å². The second-order valence-electron chi connectivity index (χ2n) is 5.25. The van der Waals surface area contributed by atoms with Gasteiger partial charge in [-0.2, -0.15) is 0 Å². The molecule has 26 heavy (non-hydrogen) atoms. The third-order valence-electron chi connectivity index (χ3n) is 3.63. The Kier molecular flexibility index (Phi) is 5.02. The number of rotatable bonds is 7. The monoisotopic (exact) mass is 356 g/mol. The zero-order valence-corrected chi connectivity index (χ0v) is 14.2. The van der Waals surface area contributed by atoms with Crippen molar-refractivity contribution >= 4 is 5.69 Å². The third kappa shape index (κ3) is 3.75. The number of nitrogens with zero attached hydrogens (tertiary/aromatic N) is 2. The molecule has 0 atom stereocenters. The van der Waals surface area contributed by atoms with Gasteiger partial charge in [0.2, 0.25) is 5.89 Å². The van der Waals surface area contributed by atoms with Crippen LogP contribution >= 0.6 is 0 Å². The molecule has 0 amide bonds. The molecule has 8 nitrogen and oxygen atoms in total. The summed E-state index contributed by atoms with van der Waals surface area (Å²) in [6.45, 7) is 0.0345. The molecule has 0 N–H and O–H groups in total. The SMILES string of the molecule is COc1ccc(-c2nc(COc3ccc(OC)cc3[N+](=O)[O-])co2)cc1. The highest BCUT2D eigenvalue weighted by Gasteiger charge is 2.17. The van der Waals surface area contributed by atoms with Crippen LogP contribution in [0.4, 0.5) is 5.69 Å². The molecule has 8 heteroatoms. The molecule has 1 heterocycles. The van der Waals surface area contributed by atoms with E-state index in [4.69, 9.17) is 18.6 Å². The van der Waals surface area contributed by atoms with Gasteiger partial charge in [0.15, 0.2) is 5.75 Å². The minimum absolute atomic E-state index is 0.0345. The highest BCUT2D eigenvalue weighted by Crippen LogP contribution is 2.31. The molecule has 0 fully saturated rings. The second-order valence-corrected chi connectivity index (χ2v) is 5.25. The van der Waals surface area contributed by atoms with Gasteiger partial charge in [0, 0.05) is 5.56 Å². The fourth-order valence-corrected chi connectivity index (χ4v) is 2.28. The first-order valence-corrected chi connectivity index (χ1v) is 7.64. The number of nitro groups is 1. The van der Waals surface area contributed by atoms with Crippen LogP contribution in [0.25, 0.3) is 11.5 Å². The lowest BCUT2D eigenvalue weighted by Crippen LogP contribution is -2.00. The average Bonchev–Trinajstić information content (AvgIpc) is 3.15. The van der Waals surface area contributed by atoms with Crippen molar-refractivity contribution in [2.24, 2.45) is 0 Å². The van der Waals surface area contributed by atoms with Crippen molar-refractivity contribution in [3.8, 4) is 28.7 Å². The van der Waals surface area contributed by atoms with Gasteiger partial charge < -0.3 is 18.6 Å². The highest BCUT2D eigenvalue weighted by atomic mass is 16.6. The molecule has 0 aliphatic carbocycles. The predicted octanol–water partition coefficient (Wildman–Crippen LogP) is 3.85. The Labute approximate surface area is 149 Å². The lowest BCUT2D eigenvalue weighted by Gasteiger charge is -2.06. The molecule has 0 bridgehead atoms. The van der Waals surface area contributed by atoms with Gasteiger partial charge in [0.05, 0.1) is 25.2 Å². The quantitative estimate of drug-likeness (QED) is 0.468. The van der Waals surface area contributed by atoms with Crippen LogP contribution in [0.5, 0.6) is 17.2 Å². The maximum atomic E-state index is 11.2. The van der Waals surface area contributed by atoms with Crippen molar-refractivity contribution in [1.29, 1.82) is 0 Å². The Morgan fingerprint density at radius 2 is 1.77 bits per heavy atom. The molecule has 0 aliphatic rings. The number of ether oxygens (including phenoxy) is 3. The molecule has 0 unspecified atom stereocenters. The van der Waals surface area contributed by atoms with Crippen LogP contribution in [-0.2, 0) is 6.61 Å². The molecule has 0 radical (unpaired) electrons. The summed E-state index contributed by atoms with van der Waals surface area (Å²) in [5.41, 5.74) is 1.12. The first-order chi connectivity index (χ1) is 12.6. The Morgan fingerprint density at radius 1 is 1.08 bits per heavy atom. The number of nitro benzene ring substituents is 1. The molecule has 134 valence electrons. The van der Waals surface area contributed by atoms with Crippen molar-refractivity contribution in [3.63, 3.8) is 0 Å². The first kappa shape index (κ1) is 17.3. The minimum Gasteiger partial charge on any atom is -0.497 e. The van der Waals surface area contributed by atoms with Crippen molar-refractivity contribution in [2.75, 3.05) is 14.2 Å². The second kappa shape index (κ2) is 7.56. The van der Waals surface area contributed by atoms with Crippen molar-refractivity contribution in [2.45, 2.75) is 6.61 Å². The molecule has 0 saturated carbocycles. The number of methoxy groups -OCH3 is 2. The number of hydrogen-bond donors (Lipinski definition) is 0. The molecule has 0 spiro atoms. The van der Waals surface area contributed by atoms with Crippen LogP contribution in [0, 0.1) is 10.1 Å². The Balaban J connectivity index is 1.73. The van der Waals surface area contributed by atoms with Crippen LogP contribution in [0.3, 0.4) is 0 Å². The summed E-state index contributed by atoms with van der Waals surface area (Å²) in [7, 11) is 3.03. The lowest BCUT2D eigenvalue weighted by atomic mass is 10.2. The standard InChI is InChI=1S/C18H16N2O6/c1-23-14-5-3-12(4-6-14)18-19-13(11-26-18)10-25-17-8-7-15(24-2)9-16(17)20(21)22/h3-9,11H,10H2,1-2H3. The van der Waals surface area contributed by atoms with E-state index < -0.39 is 4.92 Å². The topological polar surface area (TPSA) is 96.9 Å². The smallest absolute Gasteiger partial charge is 0.314 e. The predicted molar refractivity (Wildman–Crippen MR) is 92.5 cm³/mol. The van der Waals surface area contributed by atoms with E-state index in [-0.39, 0.29) is 18.0 Å². The minimum atomic E-state index is -0.524. The molecule has 0 aliphatic heterocycles. The maximum absolute atomic E-state index is 11.2. The van der Waals surface area contributed by atoms with Crippen LogP contribution in [0.15, 0.2) is 53.1 Å². The zero-order chi connectivity index (χ0) is 18.5. The molecule has 3 rings (SSSR count). The van der Waals surface area contributed by atoms with E-state index in [0.29, 0.717) is 17.3 Å². The van der Waals surface area contributed by atoms with Crippen LogP contribution in [0.1, 0.15) is 5.69 Å². The summed E-state index contributed by atoms with van der Waals surface area (Å²) >= 11 is 0. The van der Waals surface area contributed by atoms with Crippen LogP contribution in [-0.4, -0.2) is 24.1 Å². The third-order valence-corrected chi connectivity index (χ3v) is 3.63. The summed E-state index contributed by atoms with van der Waals surface area (Å²) in [6.07, 6.45) is 1.45. The zero-order valence-electron chi connectivity index (χ0n) is 14.2. The molecular weight excluding hydrogens is 340 g/mol. The van der Waals surface area contributed by atoms with Gasteiger partial charge in [-0.1, -0.05) is 0 Å². The van der Waals surface area contributed by atoms with Crippen LogP contribution in [0.2, 0.25) is 0 Å². The summed E-state index contributed by atoms with van der Waals surface area (Å²) in [5, 5.41) is 11.2. The molecule has 2 aromatic carbocycles. The number of hydrogen-bond acceptors (Lipinski definition) is 7. The fraction of sp³-hybridized carbons (Fsp3) is 0.167. The van der Waals surface area contributed by atoms with E-state index in [1.54, 1.807) is 25.3 Å². The van der Waals surface area contributed by atoms with Gasteiger partial charge >= 0.3 is 5.69 Å². The number of aromatic nitrogens is 1. The summed E-state index contributed by atoms with van der Waals surface area (Å²) in [4.78, 5) is 15.0. The highest BCUT2D eigenvalue weighted by molar-refractivity contribution is 5.55. The van der Waals surface area contributed by atoms with Gasteiger partial charge in [-0.25, -0.2) is 4.98 Å². The van der Waals surface area contributed by atoms with Gasteiger partial charge in [-0.3, -0.25) is 10.1 Å².